The molecule has 0 saturated carbocycles. The molecule has 2 heterocycles. The maximum absolute atomic E-state index is 11.7. The molecule has 0 bridgehead atoms. The number of H-pyrrole nitrogens is 1. The number of rotatable bonds is 1. The Morgan fingerprint density at radius 2 is 1.88 bits per heavy atom. The fourth-order valence-electron chi connectivity index (χ4n) is 2.51. The van der Waals surface area contributed by atoms with Crippen molar-refractivity contribution in [2.45, 2.75) is 38.9 Å². The third-order valence-electron chi connectivity index (χ3n) is 2.68. The van der Waals surface area contributed by atoms with E-state index in [2.05, 4.69) is 9.97 Å². The number of aromatic amines is 1. The normalized spacial score (nSPS) is 22.5. The first-order valence-corrected chi connectivity index (χ1v) is 5.78. The second-order valence-corrected chi connectivity index (χ2v) is 5.72. The Kier molecular flexibility index (Phi) is 2.73. The molecule has 1 aliphatic heterocycles. The number of morpholine rings is 1. The van der Waals surface area contributed by atoms with E-state index in [9.17, 15) is 4.79 Å². The van der Waals surface area contributed by atoms with E-state index in [-0.39, 0.29) is 16.8 Å². The van der Waals surface area contributed by atoms with Crippen molar-refractivity contribution < 1.29 is 4.74 Å². The number of ether oxygens (including phenoxy) is 1. The maximum Gasteiger partial charge on any atom is 0.290 e. The Balaban J connectivity index is 2.34. The quantitative estimate of drug-likeness (QED) is 0.796. The molecule has 5 nitrogen and oxygen atoms in total. The number of hydrogen-bond donors (Lipinski definition) is 1. The second-order valence-electron chi connectivity index (χ2n) is 5.72. The molecule has 5 heteroatoms. The van der Waals surface area contributed by atoms with Gasteiger partial charge in [0.25, 0.3) is 5.56 Å². The molecular weight excluding hydrogens is 218 g/mol. The van der Waals surface area contributed by atoms with Gasteiger partial charge in [0.15, 0.2) is 5.82 Å². The zero-order valence-electron chi connectivity index (χ0n) is 10.8. The highest BCUT2D eigenvalue weighted by molar-refractivity contribution is 5.37. The summed E-state index contributed by atoms with van der Waals surface area (Å²) in [5, 5.41) is 0. The van der Waals surface area contributed by atoms with Crippen LogP contribution in [-0.2, 0) is 4.74 Å². The molecule has 1 saturated heterocycles. The smallest absolute Gasteiger partial charge is 0.290 e. The lowest BCUT2D eigenvalue weighted by Crippen LogP contribution is -2.58. The number of nitrogens with one attached hydrogen (secondary N) is 1. The lowest BCUT2D eigenvalue weighted by Gasteiger charge is -2.47. The van der Waals surface area contributed by atoms with Gasteiger partial charge in [0.1, 0.15) is 0 Å². The van der Waals surface area contributed by atoms with Crippen LogP contribution in [0.3, 0.4) is 0 Å². The molecule has 0 atom stereocenters. The zero-order chi connectivity index (χ0) is 12.7. The largest absolute Gasteiger partial charge is 0.366 e. The first-order valence-electron chi connectivity index (χ1n) is 5.78. The number of hydrogen-bond acceptors (Lipinski definition) is 4. The van der Waals surface area contributed by atoms with Crippen LogP contribution in [0.15, 0.2) is 17.2 Å². The van der Waals surface area contributed by atoms with Crippen LogP contribution in [0.4, 0.5) is 5.82 Å². The van der Waals surface area contributed by atoms with Crippen LogP contribution < -0.4 is 10.5 Å². The molecule has 1 N–H and O–H groups in total. The van der Waals surface area contributed by atoms with Crippen LogP contribution in [0, 0.1) is 0 Å². The molecule has 0 amide bonds. The molecule has 17 heavy (non-hydrogen) atoms. The first kappa shape index (κ1) is 12.1. The highest BCUT2D eigenvalue weighted by Gasteiger charge is 2.39. The summed E-state index contributed by atoms with van der Waals surface area (Å²) in [5.41, 5.74) is -0.724. The van der Waals surface area contributed by atoms with Gasteiger partial charge in [-0.05, 0) is 27.7 Å². The number of nitrogens with zero attached hydrogens (tertiary/aromatic N) is 2. The SMILES string of the molecule is CC1(C)CN(c2ncc[nH]c2=O)CC(C)(C)O1. The summed E-state index contributed by atoms with van der Waals surface area (Å²) in [7, 11) is 0. The predicted molar refractivity (Wildman–Crippen MR) is 66.3 cm³/mol. The monoisotopic (exact) mass is 237 g/mol. The molecular formula is C12H19N3O2. The fraction of sp³-hybridized carbons (Fsp3) is 0.667. The lowest BCUT2D eigenvalue weighted by molar-refractivity contribution is -0.133. The summed E-state index contributed by atoms with van der Waals surface area (Å²) in [6.45, 7) is 9.43. The van der Waals surface area contributed by atoms with Gasteiger partial charge >= 0.3 is 0 Å². The number of anilines is 1. The van der Waals surface area contributed by atoms with Crippen molar-refractivity contribution in [3.05, 3.63) is 22.7 Å². The third-order valence-corrected chi connectivity index (χ3v) is 2.68. The van der Waals surface area contributed by atoms with E-state index in [1.807, 2.05) is 32.6 Å². The average molecular weight is 237 g/mol. The Bertz CT molecular complexity index is 449. The highest BCUT2D eigenvalue weighted by atomic mass is 16.5. The minimum absolute atomic E-state index is 0.152. The van der Waals surface area contributed by atoms with Crippen molar-refractivity contribution in [2.24, 2.45) is 0 Å². The standard InChI is InChI=1S/C12H19N3O2/c1-11(2)7-15(8-12(3,4)17-11)9-10(16)14-6-5-13-9/h5-6H,7-8H2,1-4H3,(H,14,16). The van der Waals surface area contributed by atoms with Gasteiger partial charge in [0, 0.05) is 25.5 Å². The van der Waals surface area contributed by atoms with E-state index in [0.29, 0.717) is 18.9 Å². The van der Waals surface area contributed by atoms with Gasteiger partial charge in [-0.3, -0.25) is 4.79 Å². The molecule has 0 aliphatic carbocycles. The van der Waals surface area contributed by atoms with Crippen molar-refractivity contribution in [1.29, 1.82) is 0 Å². The van der Waals surface area contributed by atoms with E-state index in [0.717, 1.165) is 0 Å². The van der Waals surface area contributed by atoms with Crippen molar-refractivity contribution in [3.8, 4) is 0 Å². The predicted octanol–water partition coefficient (Wildman–Crippen LogP) is 1.16. The minimum atomic E-state index is -0.286. The van der Waals surface area contributed by atoms with Crippen LogP contribution >= 0.6 is 0 Å². The highest BCUT2D eigenvalue weighted by Crippen LogP contribution is 2.29. The summed E-state index contributed by atoms with van der Waals surface area (Å²) < 4.78 is 5.97. The Labute approximate surface area is 101 Å². The van der Waals surface area contributed by atoms with Crippen molar-refractivity contribution in [2.75, 3.05) is 18.0 Å². The van der Waals surface area contributed by atoms with Crippen molar-refractivity contribution >= 4 is 5.82 Å². The Morgan fingerprint density at radius 1 is 1.29 bits per heavy atom. The van der Waals surface area contributed by atoms with Gasteiger partial charge in [-0.25, -0.2) is 4.98 Å². The minimum Gasteiger partial charge on any atom is -0.366 e. The maximum atomic E-state index is 11.7. The van der Waals surface area contributed by atoms with E-state index < -0.39 is 0 Å². The topological polar surface area (TPSA) is 58.2 Å². The van der Waals surface area contributed by atoms with Gasteiger partial charge in [0.2, 0.25) is 0 Å². The Hall–Kier alpha value is -1.36. The first-order chi connectivity index (χ1) is 7.79. The third kappa shape index (κ3) is 2.66. The molecule has 1 aromatic heterocycles. The van der Waals surface area contributed by atoms with Crippen LogP contribution in [0.2, 0.25) is 0 Å². The molecule has 0 unspecified atom stereocenters. The summed E-state index contributed by atoms with van der Waals surface area (Å²) in [6, 6.07) is 0. The van der Waals surface area contributed by atoms with E-state index in [4.69, 9.17) is 4.74 Å². The van der Waals surface area contributed by atoms with Gasteiger partial charge < -0.3 is 14.6 Å². The summed E-state index contributed by atoms with van der Waals surface area (Å²) in [4.78, 5) is 20.5. The van der Waals surface area contributed by atoms with Crippen LogP contribution in [0.25, 0.3) is 0 Å². The molecule has 1 aliphatic rings. The molecule has 1 fully saturated rings. The van der Waals surface area contributed by atoms with Crippen LogP contribution in [0.5, 0.6) is 0 Å². The zero-order valence-corrected chi connectivity index (χ0v) is 10.8. The average Bonchev–Trinajstić information content (AvgIpc) is 2.13. The molecule has 0 spiro atoms. The summed E-state index contributed by atoms with van der Waals surface area (Å²) in [5.74, 6) is 0.469. The lowest BCUT2D eigenvalue weighted by atomic mass is 9.99. The molecule has 1 aromatic rings. The molecule has 0 aromatic carbocycles. The number of aromatic nitrogens is 2. The van der Waals surface area contributed by atoms with Crippen LogP contribution in [0.1, 0.15) is 27.7 Å². The fourth-order valence-corrected chi connectivity index (χ4v) is 2.51. The molecule has 2 rings (SSSR count). The van der Waals surface area contributed by atoms with E-state index in [1.54, 1.807) is 12.4 Å². The van der Waals surface area contributed by atoms with Gasteiger partial charge in [-0.1, -0.05) is 0 Å². The second kappa shape index (κ2) is 3.84. The Morgan fingerprint density at radius 3 is 2.41 bits per heavy atom. The van der Waals surface area contributed by atoms with E-state index >= 15 is 0 Å². The van der Waals surface area contributed by atoms with E-state index in [1.165, 1.54) is 0 Å². The van der Waals surface area contributed by atoms with Gasteiger partial charge in [0.05, 0.1) is 11.2 Å². The van der Waals surface area contributed by atoms with Crippen molar-refractivity contribution in [1.82, 2.24) is 9.97 Å². The van der Waals surface area contributed by atoms with Gasteiger partial charge in [-0.2, -0.15) is 0 Å². The van der Waals surface area contributed by atoms with Crippen molar-refractivity contribution in [3.63, 3.8) is 0 Å². The summed E-state index contributed by atoms with van der Waals surface area (Å²) >= 11 is 0. The molecule has 94 valence electrons. The van der Waals surface area contributed by atoms with Gasteiger partial charge in [-0.15, -0.1) is 0 Å². The molecule has 0 radical (unpaired) electrons. The summed E-state index contributed by atoms with van der Waals surface area (Å²) in [6.07, 6.45) is 3.15. The van der Waals surface area contributed by atoms with Crippen LogP contribution in [-0.4, -0.2) is 34.3 Å².